The summed E-state index contributed by atoms with van der Waals surface area (Å²) in [5.41, 5.74) is 1.54. The Balaban J connectivity index is 2.06. The number of amides is 1. The summed E-state index contributed by atoms with van der Waals surface area (Å²) in [6.45, 7) is 3.89. The molecular weight excluding hydrogens is 367 g/mol. The van der Waals surface area contributed by atoms with E-state index < -0.39 is 10.0 Å². The van der Waals surface area contributed by atoms with E-state index in [-0.39, 0.29) is 22.7 Å². The lowest BCUT2D eigenvalue weighted by Crippen LogP contribution is -2.27. The van der Waals surface area contributed by atoms with Crippen molar-refractivity contribution in [2.45, 2.75) is 24.8 Å². The van der Waals surface area contributed by atoms with Crippen molar-refractivity contribution >= 4 is 22.0 Å². The van der Waals surface area contributed by atoms with Crippen LogP contribution in [0.2, 0.25) is 0 Å². The van der Waals surface area contributed by atoms with Crippen LogP contribution >= 0.6 is 0 Å². The van der Waals surface area contributed by atoms with Gasteiger partial charge in [0.2, 0.25) is 15.9 Å². The molecule has 1 unspecified atom stereocenters. The minimum absolute atomic E-state index is 0.176. The van der Waals surface area contributed by atoms with Gasteiger partial charge in [0.05, 0.1) is 10.9 Å². The number of halogens is 1. The van der Waals surface area contributed by atoms with Gasteiger partial charge in [-0.15, -0.1) is 0 Å². The predicted molar refractivity (Wildman–Crippen MR) is 104 cm³/mol. The Bertz CT molecular complexity index is 907. The molecular formula is C20H23FN2O3S. The average molecular weight is 390 g/mol. The van der Waals surface area contributed by atoms with Crippen LogP contribution in [0.5, 0.6) is 0 Å². The van der Waals surface area contributed by atoms with Crippen molar-refractivity contribution in [3.05, 3.63) is 71.6 Å². The lowest BCUT2D eigenvalue weighted by Gasteiger charge is -2.24. The minimum Gasteiger partial charge on any atom is -0.335 e. The first-order valence-electron chi connectivity index (χ1n) is 8.54. The molecule has 7 heteroatoms. The molecule has 1 N–H and O–H groups in total. The first kappa shape index (κ1) is 20.8. The van der Waals surface area contributed by atoms with Crippen LogP contribution in [-0.2, 0) is 14.8 Å². The zero-order valence-corrected chi connectivity index (χ0v) is 16.3. The number of rotatable bonds is 7. The number of nitrogens with one attached hydrogen (secondary N) is 1. The van der Waals surface area contributed by atoms with Crippen molar-refractivity contribution in [2.24, 2.45) is 0 Å². The highest BCUT2D eigenvalue weighted by atomic mass is 32.2. The molecule has 0 saturated heterocycles. The first-order chi connectivity index (χ1) is 12.7. The van der Waals surface area contributed by atoms with Gasteiger partial charge in [-0.25, -0.2) is 17.5 Å². The van der Waals surface area contributed by atoms with E-state index in [4.69, 9.17) is 0 Å². The van der Waals surface area contributed by atoms with E-state index in [9.17, 15) is 17.6 Å². The summed E-state index contributed by atoms with van der Waals surface area (Å²) < 4.78 is 39.3. The van der Waals surface area contributed by atoms with Crippen LogP contribution in [0, 0.1) is 5.82 Å². The second-order valence-corrected chi connectivity index (χ2v) is 7.85. The van der Waals surface area contributed by atoms with Gasteiger partial charge in [-0.2, -0.15) is 0 Å². The van der Waals surface area contributed by atoms with E-state index in [1.807, 2.05) is 6.92 Å². The Hall–Kier alpha value is -2.51. The standard InChI is InChI=1S/C20H23FN2O3S/c1-4-22-27(25,26)19-12-5-16(6-13-19)7-14-20(24)23(3)15(2)17-8-10-18(21)11-9-17/h5-15,22H,4H2,1-3H3/b14-7+. The van der Waals surface area contributed by atoms with E-state index in [1.165, 1.54) is 30.3 Å². The molecule has 2 aromatic rings. The molecule has 0 aromatic heterocycles. The van der Waals surface area contributed by atoms with E-state index >= 15 is 0 Å². The third-order valence-corrected chi connectivity index (χ3v) is 5.79. The second kappa shape index (κ2) is 8.92. The highest BCUT2D eigenvalue weighted by Gasteiger charge is 2.15. The fourth-order valence-electron chi connectivity index (χ4n) is 2.47. The number of nitrogens with zero attached hydrogens (tertiary/aromatic N) is 1. The van der Waals surface area contributed by atoms with Gasteiger partial charge < -0.3 is 4.90 Å². The maximum Gasteiger partial charge on any atom is 0.246 e. The Morgan fingerprint density at radius 2 is 1.74 bits per heavy atom. The van der Waals surface area contributed by atoms with Crippen LogP contribution in [-0.4, -0.2) is 32.8 Å². The molecule has 0 radical (unpaired) electrons. The topological polar surface area (TPSA) is 66.5 Å². The first-order valence-corrected chi connectivity index (χ1v) is 10.0. The van der Waals surface area contributed by atoms with Gasteiger partial charge in [0.1, 0.15) is 5.82 Å². The van der Waals surface area contributed by atoms with Crippen molar-refractivity contribution in [3.8, 4) is 0 Å². The summed E-state index contributed by atoms with van der Waals surface area (Å²) in [6, 6.07) is 12.1. The summed E-state index contributed by atoms with van der Waals surface area (Å²) in [5.74, 6) is -0.532. The molecule has 27 heavy (non-hydrogen) atoms. The summed E-state index contributed by atoms with van der Waals surface area (Å²) >= 11 is 0. The second-order valence-electron chi connectivity index (χ2n) is 6.08. The Labute approximate surface area is 159 Å². The van der Waals surface area contributed by atoms with Crippen LogP contribution < -0.4 is 4.72 Å². The van der Waals surface area contributed by atoms with Crippen molar-refractivity contribution in [1.29, 1.82) is 0 Å². The normalized spacial score (nSPS) is 12.9. The monoisotopic (exact) mass is 390 g/mol. The van der Waals surface area contributed by atoms with E-state index in [1.54, 1.807) is 49.2 Å². The van der Waals surface area contributed by atoms with E-state index in [0.717, 1.165) is 5.56 Å². The van der Waals surface area contributed by atoms with Crippen LogP contribution in [0.15, 0.2) is 59.5 Å². The maximum atomic E-state index is 13.0. The van der Waals surface area contributed by atoms with Gasteiger partial charge in [0.15, 0.2) is 0 Å². The van der Waals surface area contributed by atoms with Gasteiger partial charge in [0, 0.05) is 19.7 Å². The number of hydrogen-bond donors (Lipinski definition) is 1. The molecule has 0 bridgehead atoms. The molecule has 144 valence electrons. The van der Waals surface area contributed by atoms with Crippen molar-refractivity contribution in [2.75, 3.05) is 13.6 Å². The number of carbonyl (C=O) groups excluding carboxylic acids is 1. The molecule has 0 aliphatic carbocycles. The molecule has 0 fully saturated rings. The summed E-state index contributed by atoms with van der Waals surface area (Å²) in [7, 11) is -1.82. The molecule has 0 saturated carbocycles. The third kappa shape index (κ3) is 5.48. The van der Waals surface area contributed by atoms with Gasteiger partial charge in [0.25, 0.3) is 0 Å². The smallest absolute Gasteiger partial charge is 0.246 e. The average Bonchev–Trinajstić information content (AvgIpc) is 2.66. The molecule has 0 aliphatic rings. The Kier molecular flexibility index (Phi) is 6.87. The molecule has 0 heterocycles. The fraction of sp³-hybridized carbons (Fsp3) is 0.250. The largest absolute Gasteiger partial charge is 0.335 e. The fourth-order valence-corrected chi connectivity index (χ4v) is 3.51. The maximum absolute atomic E-state index is 13.0. The van der Waals surface area contributed by atoms with Gasteiger partial charge >= 0.3 is 0 Å². The van der Waals surface area contributed by atoms with Crippen LogP contribution in [0.4, 0.5) is 4.39 Å². The number of likely N-dealkylation sites (N-methyl/N-ethyl adjacent to an activating group) is 1. The highest BCUT2D eigenvalue weighted by Crippen LogP contribution is 2.19. The lowest BCUT2D eigenvalue weighted by atomic mass is 10.1. The summed E-state index contributed by atoms with van der Waals surface area (Å²) in [5, 5.41) is 0. The SMILES string of the molecule is CCNS(=O)(=O)c1ccc(/C=C/C(=O)N(C)C(C)c2ccc(F)cc2)cc1. The molecule has 2 rings (SSSR count). The molecule has 5 nitrogen and oxygen atoms in total. The number of benzene rings is 2. The molecule has 2 aromatic carbocycles. The molecule has 1 amide bonds. The van der Waals surface area contributed by atoms with Crippen LogP contribution in [0.1, 0.15) is 31.0 Å². The number of sulfonamides is 1. The zero-order valence-electron chi connectivity index (χ0n) is 15.5. The van der Waals surface area contributed by atoms with Crippen LogP contribution in [0.3, 0.4) is 0 Å². The van der Waals surface area contributed by atoms with Crippen molar-refractivity contribution in [1.82, 2.24) is 9.62 Å². The van der Waals surface area contributed by atoms with Crippen LogP contribution in [0.25, 0.3) is 6.08 Å². The van der Waals surface area contributed by atoms with Crippen molar-refractivity contribution < 1.29 is 17.6 Å². The van der Waals surface area contributed by atoms with Gasteiger partial charge in [-0.3, -0.25) is 4.79 Å². The number of hydrogen-bond acceptors (Lipinski definition) is 3. The predicted octanol–water partition coefficient (Wildman–Crippen LogP) is 3.36. The van der Waals surface area contributed by atoms with Gasteiger partial charge in [-0.1, -0.05) is 31.2 Å². The number of carbonyl (C=O) groups is 1. The minimum atomic E-state index is -3.49. The molecule has 0 aliphatic heterocycles. The molecule has 1 atom stereocenters. The van der Waals surface area contributed by atoms with Gasteiger partial charge in [-0.05, 0) is 48.4 Å². The van der Waals surface area contributed by atoms with E-state index in [2.05, 4.69) is 4.72 Å². The Morgan fingerprint density at radius 1 is 1.15 bits per heavy atom. The summed E-state index contributed by atoms with van der Waals surface area (Å²) in [6.07, 6.45) is 3.05. The van der Waals surface area contributed by atoms with Crippen molar-refractivity contribution in [3.63, 3.8) is 0 Å². The Morgan fingerprint density at radius 3 is 2.30 bits per heavy atom. The quantitative estimate of drug-likeness (QED) is 0.737. The third-order valence-electron chi connectivity index (χ3n) is 4.22. The lowest BCUT2D eigenvalue weighted by molar-refractivity contribution is -0.126. The summed E-state index contributed by atoms with van der Waals surface area (Å²) in [4.78, 5) is 14.1. The van der Waals surface area contributed by atoms with E-state index in [0.29, 0.717) is 12.1 Å². The molecule has 0 spiro atoms. The highest BCUT2D eigenvalue weighted by molar-refractivity contribution is 7.89. The zero-order chi connectivity index (χ0) is 20.0.